The number of benzene rings is 1. The van der Waals surface area contributed by atoms with Gasteiger partial charge < -0.3 is 0 Å². The Morgan fingerprint density at radius 3 is 2.20 bits per heavy atom. The Morgan fingerprint density at radius 1 is 1.15 bits per heavy atom. The second-order valence-corrected chi connectivity index (χ2v) is 8.19. The molecule has 0 heterocycles. The zero-order valence-corrected chi connectivity index (χ0v) is 12.9. The Morgan fingerprint density at radius 2 is 1.70 bits per heavy atom. The van der Waals surface area contributed by atoms with E-state index in [1.54, 1.807) is 12.1 Å². The lowest BCUT2D eigenvalue weighted by Crippen LogP contribution is -2.25. The first-order chi connectivity index (χ1) is 9.40. The molecule has 2 rings (SSSR count). The third kappa shape index (κ3) is 3.48. The summed E-state index contributed by atoms with van der Waals surface area (Å²) in [4.78, 5) is 12.1. The third-order valence-corrected chi connectivity index (χ3v) is 6.19. The van der Waals surface area contributed by atoms with Gasteiger partial charge in [-0.3, -0.25) is 4.79 Å². The fourth-order valence-electron chi connectivity index (χ4n) is 2.69. The molecule has 4 heteroatoms. The van der Waals surface area contributed by atoms with Crippen molar-refractivity contribution >= 4 is 15.6 Å². The molecule has 0 atom stereocenters. The maximum atomic E-state index is 12.2. The minimum atomic E-state index is -3.28. The van der Waals surface area contributed by atoms with Gasteiger partial charge >= 0.3 is 0 Å². The molecule has 0 bridgehead atoms. The monoisotopic (exact) mass is 294 g/mol. The fourth-order valence-corrected chi connectivity index (χ4v) is 4.50. The largest absolute Gasteiger partial charge is 0.293 e. The molecule has 1 aliphatic carbocycles. The molecular formula is C16H22O3S. The van der Waals surface area contributed by atoms with E-state index in [4.69, 9.17) is 0 Å². The molecule has 0 saturated heterocycles. The summed E-state index contributed by atoms with van der Waals surface area (Å²) >= 11 is 0. The van der Waals surface area contributed by atoms with Crippen LogP contribution in [0.3, 0.4) is 0 Å². The van der Waals surface area contributed by atoms with Crippen LogP contribution in [0.15, 0.2) is 24.3 Å². The number of carbonyl (C=O) groups is 1. The smallest absolute Gasteiger partial charge is 0.177 e. The highest BCUT2D eigenvalue weighted by Gasteiger charge is 2.30. The number of Topliss-reactive ketones (excluding diaryl/α,β-unsaturated/α-hetero) is 1. The van der Waals surface area contributed by atoms with Crippen molar-refractivity contribution in [1.29, 1.82) is 0 Å². The topological polar surface area (TPSA) is 51.2 Å². The van der Waals surface area contributed by atoms with E-state index < -0.39 is 9.84 Å². The Hall–Kier alpha value is -1.16. The number of carbonyl (C=O) groups excluding carboxylic acids is 1. The van der Waals surface area contributed by atoms with Crippen molar-refractivity contribution in [2.24, 2.45) is 0 Å². The molecule has 1 saturated carbocycles. The van der Waals surface area contributed by atoms with Crippen molar-refractivity contribution in [1.82, 2.24) is 0 Å². The van der Waals surface area contributed by atoms with Gasteiger partial charge in [0.25, 0.3) is 0 Å². The number of sulfone groups is 1. The summed E-state index contributed by atoms with van der Waals surface area (Å²) in [5.74, 6) is -0.229. The molecule has 0 radical (unpaired) electrons. The van der Waals surface area contributed by atoms with Crippen LogP contribution in [0.5, 0.6) is 0 Å². The summed E-state index contributed by atoms with van der Waals surface area (Å²) in [5, 5.41) is -0.304. The Labute approximate surface area is 121 Å². The van der Waals surface area contributed by atoms with Gasteiger partial charge in [-0.2, -0.15) is 0 Å². The van der Waals surface area contributed by atoms with Crippen molar-refractivity contribution in [3.63, 3.8) is 0 Å². The van der Waals surface area contributed by atoms with E-state index in [2.05, 4.69) is 13.8 Å². The SMILES string of the molecule is CC(C)c1ccc(C(=O)CS(=O)(=O)C2CCCC2)cc1. The van der Waals surface area contributed by atoms with Gasteiger partial charge in [0.2, 0.25) is 0 Å². The van der Waals surface area contributed by atoms with Crippen molar-refractivity contribution in [2.75, 3.05) is 5.75 Å². The van der Waals surface area contributed by atoms with Crippen molar-refractivity contribution in [3.8, 4) is 0 Å². The van der Waals surface area contributed by atoms with Crippen LogP contribution >= 0.6 is 0 Å². The van der Waals surface area contributed by atoms with Gasteiger partial charge in [0, 0.05) is 5.56 Å². The maximum absolute atomic E-state index is 12.2. The first kappa shape index (κ1) is 15.2. The fraction of sp³-hybridized carbons (Fsp3) is 0.562. The minimum Gasteiger partial charge on any atom is -0.293 e. The van der Waals surface area contributed by atoms with E-state index in [0.717, 1.165) is 18.4 Å². The van der Waals surface area contributed by atoms with Crippen LogP contribution in [-0.2, 0) is 9.84 Å². The van der Waals surface area contributed by atoms with Crippen LogP contribution in [0.1, 0.15) is 61.4 Å². The molecule has 0 spiro atoms. The maximum Gasteiger partial charge on any atom is 0.177 e. The molecule has 1 aromatic rings. The number of hydrogen-bond acceptors (Lipinski definition) is 3. The summed E-state index contributed by atoms with van der Waals surface area (Å²) in [6, 6.07) is 7.28. The van der Waals surface area contributed by atoms with Gasteiger partial charge in [0.1, 0.15) is 5.75 Å². The van der Waals surface area contributed by atoms with Gasteiger partial charge in [0.15, 0.2) is 15.6 Å². The van der Waals surface area contributed by atoms with Crippen LogP contribution in [0.2, 0.25) is 0 Å². The predicted octanol–water partition coefficient (Wildman–Crippen LogP) is 3.35. The average molecular weight is 294 g/mol. The second-order valence-electron chi connectivity index (χ2n) is 5.91. The average Bonchev–Trinajstić information content (AvgIpc) is 2.93. The van der Waals surface area contributed by atoms with Gasteiger partial charge in [0.05, 0.1) is 5.25 Å². The summed E-state index contributed by atoms with van der Waals surface area (Å²) in [7, 11) is -3.28. The molecule has 110 valence electrons. The molecule has 0 amide bonds. The van der Waals surface area contributed by atoms with E-state index >= 15 is 0 Å². The summed E-state index contributed by atoms with van der Waals surface area (Å²) in [6.45, 7) is 4.17. The van der Waals surface area contributed by atoms with Crippen LogP contribution in [-0.4, -0.2) is 25.2 Å². The minimum absolute atomic E-state index is 0.285. The van der Waals surface area contributed by atoms with E-state index in [1.165, 1.54) is 0 Å². The Balaban J connectivity index is 2.07. The quantitative estimate of drug-likeness (QED) is 0.783. The number of hydrogen-bond donors (Lipinski definition) is 0. The summed E-state index contributed by atoms with van der Waals surface area (Å²) in [6.07, 6.45) is 3.34. The lowest BCUT2D eigenvalue weighted by Gasteiger charge is -2.11. The molecule has 1 aromatic carbocycles. The van der Waals surface area contributed by atoms with Gasteiger partial charge in [-0.05, 0) is 24.3 Å². The highest BCUT2D eigenvalue weighted by molar-refractivity contribution is 7.92. The molecule has 1 fully saturated rings. The number of rotatable bonds is 5. The lowest BCUT2D eigenvalue weighted by atomic mass is 10.0. The van der Waals surface area contributed by atoms with Crippen molar-refractivity contribution in [3.05, 3.63) is 35.4 Å². The van der Waals surface area contributed by atoms with Crippen molar-refractivity contribution < 1.29 is 13.2 Å². The van der Waals surface area contributed by atoms with Gasteiger partial charge in [-0.15, -0.1) is 0 Å². The molecule has 0 aromatic heterocycles. The molecule has 0 N–H and O–H groups in total. The predicted molar refractivity (Wildman–Crippen MR) is 80.9 cm³/mol. The third-order valence-electron chi connectivity index (χ3n) is 4.04. The van der Waals surface area contributed by atoms with Crippen LogP contribution in [0.25, 0.3) is 0 Å². The molecule has 20 heavy (non-hydrogen) atoms. The van der Waals surface area contributed by atoms with E-state index in [9.17, 15) is 13.2 Å². The highest BCUT2D eigenvalue weighted by Crippen LogP contribution is 2.25. The molecular weight excluding hydrogens is 272 g/mol. The van der Waals surface area contributed by atoms with E-state index in [-0.39, 0.29) is 16.8 Å². The molecule has 1 aliphatic rings. The van der Waals surface area contributed by atoms with Crippen LogP contribution in [0.4, 0.5) is 0 Å². The summed E-state index contributed by atoms with van der Waals surface area (Å²) < 4.78 is 24.3. The Kier molecular flexibility index (Phi) is 4.63. The van der Waals surface area contributed by atoms with Crippen LogP contribution in [0, 0.1) is 0 Å². The standard InChI is InChI=1S/C16H22O3S/c1-12(2)13-7-9-14(10-8-13)16(17)11-20(18,19)15-5-3-4-6-15/h7-10,12,15H,3-6,11H2,1-2H3. The number of ketones is 1. The van der Waals surface area contributed by atoms with Crippen LogP contribution < -0.4 is 0 Å². The molecule has 3 nitrogen and oxygen atoms in total. The van der Waals surface area contributed by atoms with E-state index in [1.807, 2.05) is 12.1 Å². The normalized spacial score (nSPS) is 16.8. The zero-order valence-electron chi connectivity index (χ0n) is 12.1. The lowest BCUT2D eigenvalue weighted by molar-refractivity contribution is 0.102. The van der Waals surface area contributed by atoms with Crippen molar-refractivity contribution in [2.45, 2.75) is 50.7 Å². The second kappa shape index (κ2) is 6.08. The zero-order chi connectivity index (χ0) is 14.8. The first-order valence-corrected chi connectivity index (χ1v) is 8.96. The molecule has 0 aliphatic heterocycles. The van der Waals surface area contributed by atoms with Gasteiger partial charge in [-0.1, -0.05) is 51.0 Å². The highest BCUT2D eigenvalue weighted by atomic mass is 32.2. The summed E-state index contributed by atoms with van der Waals surface area (Å²) in [5.41, 5.74) is 1.65. The first-order valence-electron chi connectivity index (χ1n) is 7.25. The van der Waals surface area contributed by atoms with E-state index in [0.29, 0.717) is 24.3 Å². The van der Waals surface area contributed by atoms with Gasteiger partial charge in [-0.25, -0.2) is 8.42 Å². The Bertz CT molecular complexity index is 564. The molecule has 0 unspecified atom stereocenters.